The molecule has 100 valence electrons. The molecule has 1 aliphatic heterocycles. The summed E-state index contributed by atoms with van der Waals surface area (Å²) in [6.45, 7) is 4.77. The number of carbonyl (C=O) groups is 1. The lowest BCUT2D eigenvalue weighted by molar-refractivity contribution is 0.0706. The van der Waals surface area contributed by atoms with Crippen molar-refractivity contribution in [1.82, 2.24) is 9.88 Å². The van der Waals surface area contributed by atoms with Crippen molar-refractivity contribution in [2.24, 2.45) is 0 Å². The van der Waals surface area contributed by atoms with Crippen molar-refractivity contribution in [3.8, 4) is 0 Å². The molecule has 0 aliphatic carbocycles. The molecule has 1 amide bonds. The predicted molar refractivity (Wildman–Crippen MR) is 78.7 cm³/mol. The first-order chi connectivity index (χ1) is 8.63. The Balaban J connectivity index is 2.22. The standard InChI is InChI=1S/C13H19BrN2OS/c1-9-12(18-10(2)15-9)13(17)16-7-5-3-4-6-11(16)8-14/h11H,3-8H2,1-2H3. The molecule has 0 radical (unpaired) electrons. The SMILES string of the molecule is Cc1nc(C)c(C(=O)N2CCCCCC2CBr)s1. The van der Waals surface area contributed by atoms with E-state index in [1.807, 2.05) is 18.7 Å². The molecule has 1 atom stereocenters. The van der Waals surface area contributed by atoms with Gasteiger partial charge in [0.05, 0.1) is 10.7 Å². The molecule has 5 heteroatoms. The third-order valence-electron chi connectivity index (χ3n) is 3.41. The highest BCUT2D eigenvalue weighted by Crippen LogP contribution is 2.24. The minimum atomic E-state index is 0.171. The van der Waals surface area contributed by atoms with Gasteiger partial charge >= 0.3 is 0 Å². The molecule has 1 fully saturated rings. The van der Waals surface area contributed by atoms with Gasteiger partial charge in [-0.15, -0.1) is 11.3 Å². The van der Waals surface area contributed by atoms with Gasteiger partial charge in [-0.2, -0.15) is 0 Å². The van der Waals surface area contributed by atoms with E-state index in [-0.39, 0.29) is 5.91 Å². The second kappa shape index (κ2) is 6.15. The summed E-state index contributed by atoms with van der Waals surface area (Å²) >= 11 is 5.06. The quantitative estimate of drug-likeness (QED) is 0.777. The van der Waals surface area contributed by atoms with Crippen molar-refractivity contribution in [3.05, 3.63) is 15.6 Å². The van der Waals surface area contributed by atoms with Crippen LogP contribution in [0.1, 0.15) is 46.1 Å². The highest BCUT2D eigenvalue weighted by atomic mass is 79.9. The first kappa shape index (κ1) is 14.0. The highest BCUT2D eigenvalue weighted by molar-refractivity contribution is 9.09. The second-order valence-electron chi connectivity index (χ2n) is 4.80. The van der Waals surface area contributed by atoms with Crippen LogP contribution in [-0.4, -0.2) is 33.7 Å². The van der Waals surface area contributed by atoms with E-state index in [2.05, 4.69) is 20.9 Å². The summed E-state index contributed by atoms with van der Waals surface area (Å²) in [6, 6.07) is 0.335. The Hall–Kier alpha value is -0.420. The first-order valence-electron chi connectivity index (χ1n) is 6.44. The molecule has 0 bridgehead atoms. The average molecular weight is 331 g/mol. The topological polar surface area (TPSA) is 33.2 Å². The van der Waals surface area contributed by atoms with E-state index in [1.165, 1.54) is 24.2 Å². The Labute approximate surface area is 121 Å². The fourth-order valence-corrected chi connectivity index (χ4v) is 4.01. The Morgan fingerprint density at radius 2 is 2.22 bits per heavy atom. The number of halogens is 1. The summed E-state index contributed by atoms with van der Waals surface area (Å²) in [6.07, 6.45) is 4.68. The lowest BCUT2D eigenvalue weighted by Crippen LogP contribution is -2.40. The summed E-state index contributed by atoms with van der Waals surface area (Å²) in [7, 11) is 0. The zero-order valence-electron chi connectivity index (χ0n) is 10.9. The van der Waals surface area contributed by atoms with Crippen LogP contribution in [0.4, 0.5) is 0 Å². The average Bonchev–Trinajstić information content (AvgIpc) is 2.56. The normalized spacial score (nSPS) is 20.8. The minimum absolute atomic E-state index is 0.171. The highest BCUT2D eigenvalue weighted by Gasteiger charge is 2.27. The van der Waals surface area contributed by atoms with Crippen LogP contribution in [0.25, 0.3) is 0 Å². The van der Waals surface area contributed by atoms with E-state index >= 15 is 0 Å². The van der Waals surface area contributed by atoms with E-state index < -0.39 is 0 Å². The predicted octanol–water partition coefficient (Wildman–Crippen LogP) is 3.54. The number of alkyl halides is 1. The fraction of sp³-hybridized carbons (Fsp3) is 0.692. The van der Waals surface area contributed by atoms with Gasteiger partial charge in [0.15, 0.2) is 0 Å². The van der Waals surface area contributed by atoms with Crippen LogP contribution in [0, 0.1) is 13.8 Å². The smallest absolute Gasteiger partial charge is 0.266 e. The number of carbonyl (C=O) groups excluding carboxylic acids is 1. The molecule has 18 heavy (non-hydrogen) atoms. The van der Waals surface area contributed by atoms with E-state index in [4.69, 9.17) is 0 Å². The minimum Gasteiger partial charge on any atom is -0.334 e. The molecule has 3 nitrogen and oxygen atoms in total. The van der Waals surface area contributed by atoms with E-state index in [1.54, 1.807) is 0 Å². The number of hydrogen-bond donors (Lipinski definition) is 0. The summed E-state index contributed by atoms with van der Waals surface area (Å²) < 4.78 is 0. The third-order valence-corrected chi connectivity index (χ3v) is 5.22. The molecule has 1 aliphatic rings. The van der Waals surface area contributed by atoms with Crippen molar-refractivity contribution < 1.29 is 4.79 Å². The molecule has 0 spiro atoms. The number of rotatable bonds is 2. The maximum atomic E-state index is 12.6. The van der Waals surface area contributed by atoms with Crippen molar-refractivity contribution in [2.45, 2.75) is 45.6 Å². The van der Waals surface area contributed by atoms with E-state index in [0.717, 1.165) is 40.3 Å². The number of amides is 1. The maximum absolute atomic E-state index is 12.6. The first-order valence-corrected chi connectivity index (χ1v) is 8.38. The van der Waals surface area contributed by atoms with Crippen LogP contribution in [-0.2, 0) is 0 Å². The van der Waals surface area contributed by atoms with Crippen LogP contribution in [0.15, 0.2) is 0 Å². The Kier molecular flexibility index (Phi) is 4.78. The lowest BCUT2D eigenvalue weighted by atomic mass is 10.1. The van der Waals surface area contributed by atoms with Crippen LogP contribution < -0.4 is 0 Å². The molecule has 1 aromatic rings. The number of thiazole rings is 1. The lowest BCUT2D eigenvalue weighted by Gasteiger charge is -2.28. The van der Waals surface area contributed by atoms with Gasteiger partial charge in [0.2, 0.25) is 0 Å². The van der Waals surface area contributed by atoms with Gasteiger partial charge in [-0.3, -0.25) is 4.79 Å². The molecular weight excluding hydrogens is 312 g/mol. The number of aryl methyl sites for hydroxylation is 2. The summed E-state index contributed by atoms with van der Waals surface area (Å²) in [4.78, 5) is 19.9. The molecule has 1 aromatic heterocycles. The number of nitrogens with zero attached hydrogens (tertiary/aromatic N) is 2. The van der Waals surface area contributed by atoms with Gasteiger partial charge < -0.3 is 4.90 Å². The van der Waals surface area contributed by atoms with Crippen LogP contribution >= 0.6 is 27.3 Å². The monoisotopic (exact) mass is 330 g/mol. The molecule has 0 N–H and O–H groups in total. The second-order valence-corrected chi connectivity index (χ2v) is 6.65. The van der Waals surface area contributed by atoms with Crippen molar-refractivity contribution >= 4 is 33.2 Å². The fourth-order valence-electron chi connectivity index (χ4n) is 2.47. The molecule has 2 heterocycles. The molecule has 1 saturated heterocycles. The Morgan fingerprint density at radius 1 is 1.44 bits per heavy atom. The molecule has 2 rings (SSSR count). The molecule has 0 aromatic carbocycles. The number of likely N-dealkylation sites (tertiary alicyclic amines) is 1. The largest absolute Gasteiger partial charge is 0.334 e. The van der Waals surface area contributed by atoms with E-state index in [9.17, 15) is 4.79 Å². The zero-order chi connectivity index (χ0) is 13.1. The Morgan fingerprint density at radius 3 is 2.83 bits per heavy atom. The summed E-state index contributed by atoms with van der Waals surface area (Å²) in [5.41, 5.74) is 0.875. The van der Waals surface area contributed by atoms with Crippen LogP contribution in [0.2, 0.25) is 0 Å². The third kappa shape index (κ3) is 2.94. The Bertz CT molecular complexity index is 433. The van der Waals surface area contributed by atoms with Crippen molar-refractivity contribution in [1.29, 1.82) is 0 Å². The van der Waals surface area contributed by atoms with Gasteiger partial charge in [0.25, 0.3) is 5.91 Å². The van der Waals surface area contributed by atoms with Crippen LogP contribution in [0.5, 0.6) is 0 Å². The maximum Gasteiger partial charge on any atom is 0.266 e. The summed E-state index contributed by atoms with van der Waals surface area (Å²) in [5.74, 6) is 0.171. The van der Waals surface area contributed by atoms with Crippen LogP contribution in [0.3, 0.4) is 0 Å². The van der Waals surface area contributed by atoms with Gasteiger partial charge in [-0.1, -0.05) is 28.8 Å². The van der Waals surface area contributed by atoms with Gasteiger partial charge in [-0.05, 0) is 26.7 Å². The number of hydrogen-bond acceptors (Lipinski definition) is 3. The molecule has 1 unspecified atom stereocenters. The number of aromatic nitrogens is 1. The van der Waals surface area contributed by atoms with Crippen molar-refractivity contribution in [3.63, 3.8) is 0 Å². The van der Waals surface area contributed by atoms with Gasteiger partial charge in [0.1, 0.15) is 4.88 Å². The van der Waals surface area contributed by atoms with Crippen molar-refractivity contribution in [2.75, 3.05) is 11.9 Å². The molecular formula is C13H19BrN2OS. The van der Waals surface area contributed by atoms with Gasteiger partial charge in [0, 0.05) is 17.9 Å². The zero-order valence-corrected chi connectivity index (χ0v) is 13.3. The molecule has 0 saturated carbocycles. The summed E-state index contributed by atoms with van der Waals surface area (Å²) in [5, 5.41) is 1.84. The van der Waals surface area contributed by atoms with Gasteiger partial charge in [-0.25, -0.2) is 4.98 Å². The van der Waals surface area contributed by atoms with E-state index in [0.29, 0.717) is 6.04 Å².